The average molecular weight is 161 g/mol. The van der Waals surface area contributed by atoms with E-state index < -0.39 is 5.97 Å². The third-order valence-corrected chi connectivity index (χ3v) is 1.04. The van der Waals surface area contributed by atoms with Gasteiger partial charge in [0.25, 0.3) is 0 Å². The van der Waals surface area contributed by atoms with E-state index in [0.29, 0.717) is 13.2 Å². The molecule has 0 aliphatic rings. The van der Waals surface area contributed by atoms with E-state index in [2.05, 4.69) is 4.74 Å². The summed E-state index contributed by atoms with van der Waals surface area (Å²) in [5.41, 5.74) is 0. The summed E-state index contributed by atoms with van der Waals surface area (Å²) >= 11 is 0. The van der Waals surface area contributed by atoms with Gasteiger partial charge in [-0.1, -0.05) is 0 Å². The van der Waals surface area contributed by atoms with Crippen molar-refractivity contribution in [3.63, 3.8) is 0 Å². The summed E-state index contributed by atoms with van der Waals surface area (Å²) in [7, 11) is 0. The second kappa shape index (κ2) is 5.09. The van der Waals surface area contributed by atoms with Gasteiger partial charge in [-0.25, -0.2) is 4.79 Å². The fraction of sp³-hybridized carbons (Fsp3) is 0.857. The van der Waals surface area contributed by atoms with E-state index in [1.807, 2.05) is 0 Å². The number of carbonyl (C=O) groups excluding carboxylic acids is 1. The van der Waals surface area contributed by atoms with Crippen LogP contribution in [0.15, 0.2) is 0 Å². The quantitative estimate of drug-likeness (QED) is 0.541. The molecule has 65 valence electrons. The molecule has 0 amide bonds. The van der Waals surface area contributed by atoms with Gasteiger partial charge in [0.05, 0.1) is 13.2 Å². The fourth-order valence-corrected chi connectivity index (χ4v) is 0.701. The maximum atomic E-state index is 9.86. The summed E-state index contributed by atoms with van der Waals surface area (Å²) in [6, 6.07) is 0. The van der Waals surface area contributed by atoms with Crippen LogP contribution in [-0.4, -0.2) is 25.7 Å². The van der Waals surface area contributed by atoms with Crippen LogP contribution < -0.4 is 0 Å². The van der Waals surface area contributed by atoms with Crippen LogP contribution in [0, 0.1) is 0 Å². The molecular formula is C7H13O4. The van der Waals surface area contributed by atoms with E-state index >= 15 is 0 Å². The maximum Gasteiger partial charge on any atom is 0.421 e. The summed E-state index contributed by atoms with van der Waals surface area (Å²) in [5.74, 6) is -1.27. The number of ether oxygens (including phenoxy) is 3. The standard InChI is InChI=1S/C7H13O4/c1-4-9-7(3,10-5-2)11-6-8/h4-5H2,1-3H3. The molecule has 0 aromatic carbocycles. The van der Waals surface area contributed by atoms with E-state index in [0.717, 1.165) is 0 Å². The smallest absolute Gasteiger partial charge is 0.400 e. The second-order valence-corrected chi connectivity index (χ2v) is 1.91. The molecule has 0 fully saturated rings. The predicted octanol–water partition coefficient (Wildman–Crippen LogP) is 0.817. The molecule has 4 nitrogen and oxygen atoms in total. The molecule has 0 saturated carbocycles. The van der Waals surface area contributed by atoms with Gasteiger partial charge in [0.1, 0.15) is 0 Å². The van der Waals surface area contributed by atoms with Gasteiger partial charge in [-0.05, 0) is 13.8 Å². The molecule has 0 N–H and O–H groups in total. The Morgan fingerprint density at radius 3 is 2.00 bits per heavy atom. The van der Waals surface area contributed by atoms with Gasteiger partial charge in [-0.2, -0.15) is 0 Å². The Bertz CT molecular complexity index is 107. The van der Waals surface area contributed by atoms with Crippen molar-refractivity contribution >= 4 is 6.47 Å². The highest BCUT2D eigenvalue weighted by Gasteiger charge is 2.26. The van der Waals surface area contributed by atoms with Crippen molar-refractivity contribution in [2.75, 3.05) is 13.2 Å². The van der Waals surface area contributed by atoms with Crippen LogP contribution in [-0.2, 0) is 19.0 Å². The van der Waals surface area contributed by atoms with Crippen molar-refractivity contribution in [3.8, 4) is 0 Å². The van der Waals surface area contributed by atoms with Gasteiger partial charge >= 0.3 is 12.4 Å². The molecule has 0 aliphatic carbocycles. The van der Waals surface area contributed by atoms with Crippen LogP contribution in [0.2, 0.25) is 0 Å². The van der Waals surface area contributed by atoms with Crippen LogP contribution >= 0.6 is 0 Å². The Kier molecular flexibility index (Phi) is 4.81. The molecule has 11 heavy (non-hydrogen) atoms. The summed E-state index contributed by atoms with van der Waals surface area (Å²) < 4.78 is 14.5. The van der Waals surface area contributed by atoms with Gasteiger partial charge in [0.2, 0.25) is 0 Å². The molecule has 0 atom stereocenters. The highest BCUT2D eigenvalue weighted by molar-refractivity contribution is 5.38. The van der Waals surface area contributed by atoms with Crippen molar-refractivity contribution in [2.24, 2.45) is 0 Å². The second-order valence-electron chi connectivity index (χ2n) is 1.91. The molecule has 0 spiro atoms. The molecule has 0 saturated heterocycles. The van der Waals surface area contributed by atoms with Gasteiger partial charge in [-0.15, -0.1) is 0 Å². The van der Waals surface area contributed by atoms with Crippen LogP contribution in [0.1, 0.15) is 20.8 Å². The first-order valence-corrected chi connectivity index (χ1v) is 3.51. The first-order valence-electron chi connectivity index (χ1n) is 3.51. The first kappa shape index (κ1) is 10.4. The Morgan fingerprint density at radius 2 is 1.73 bits per heavy atom. The molecule has 0 rings (SSSR count). The molecular weight excluding hydrogens is 148 g/mol. The molecule has 0 aliphatic heterocycles. The monoisotopic (exact) mass is 161 g/mol. The van der Waals surface area contributed by atoms with Crippen molar-refractivity contribution in [3.05, 3.63) is 0 Å². The lowest BCUT2D eigenvalue weighted by atomic mass is 10.6. The van der Waals surface area contributed by atoms with E-state index in [1.165, 1.54) is 13.4 Å². The minimum atomic E-state index is -1.27. The van der Waals surface area contributed by atoms with Gasteiger partial charge in [0, 0.05) is 6.92 Å². The van der Waals surface area contributed by atoms with Gasteiger partial charge < -0.3 is 14.2 Å². The number of hydrogen-bond acceptors (Lipinski definition) is 4. The van der Waals surface area contributed by atoms with Crippen molar-refractivity contribution < 1.29 is 19.0 Å². The largest absolute Gasteiger partial charge is 0.421 e. The van der Waals surface area contributed by atoms with Crippen LogP contribution in [0.3, 0.4) is 0 Å². The summed E-state index contributed by atoms with van der Waals surface area (Å²) in [4.78, 5) is 9.86. The van der Waals surface area contributed by atoms with Gasteiger partial charge in [0.15, 0.2) is 0 Å². The molecule has 0 unspecified atom stereocenters. The van der Waals surface area contributed by atoms with Crippen molar-refractivity contribution in [1.29, 1.82) is 0 Å². The minimum Gasteiger partial charge on any atom is -0.400 e. The highest BCUT2D eigenvalue weighted by atomic mass is 16.9. The summed E-state index contributed by atoms with van der Waals surface area (Å²) in [5, 5.41) is 0. The van der Waals surface area contributed by atoms with E-state index in [-0.39, 0.29) is 0 Å². The Hall–Kier alpha value is -0.610. The zero-order chi connectivity index (χ0) is 8.74. The number of hydrogen-bond donors (Lipinski definition) is 0. The van der Waals surface area contributed by atoms with Crippen molar-refractivity contribution in [2.45, 2.75) is 26.7 Å². The molecule has 1 radical (unpaired) electrons. The zero-order valence-electron chi connectivity index (χ0n) is 7.05. The normalized spacial score (nSPS) is 11.2. The third kappa shape index (κ3) is 3.95. The molecule has 0 heterocycles. The SMILES string of the molecule is CCOC(C)(O[C]=O)OCC. The predicted molar refractivity (Wildman–Crippen MR) is 38.4 cm³/mol. The fourth-order valence-electron chi connectivity index (χ4n) is 0.701. The van der Waals surface area contributed by atoms with E-state index in [9.17, 15) is 4.79 Å². The van der Waals surface area contributed by atoms with E-state index in [1.54, 1.807) is 13.8 Å². The lowest BCUT2D eigenvalue weighted by Crippen LogP contribution is -2.35. The average Bonchev–Trinajstić information content (AvgIpc) is 1.88. The van der Waals surface area contributed by atoms with Gasteiger partial charge in [-0.3, -0.25) is 0 Å². The van der Waals surface area contributed by atoms with Crippen LogP contribution in [0.4, 0.5) is 0 Å². The van der Waals surface area contributed by atoms with E-state index in [4.69, 9.17) is 9.47 Å². The summed E-state index contributed by atoms with van der Waals surface area (Å²) in [6.07, 6.45) is 0. The molecule has 4 heteroatoms. The summed E-state index contributed by atoms with van der Waals surface area (Å²) in [6.45, 7) is 7.19. The minimum absolute atomic E-state index is 0.415. The van der Waals surface area contributed by atoms with Crippen LogP contribution in [0.25, 0.3) is 0 Å². The Labute approximate surface area is 66.4 Å². The van der Waals surface area contributed by atoms with Crippen molar-refractivity contribution in [1.82, 2.24) is 0 Å². The highest BCUT2D eigenvalue weighted by Crippen LogP contribution is 2.12. The molecule has 0 bridgehead atoms. The maximum absolute atomic E-state index is 9.86. The Morgan fingerprint density at radius 1 is 1.27 bits per heavy atom. The molecule has 0 aromatic rings. The molecule has 0 aromatic heterocycles. The topological polar surface area (TPSA) is 44.8 Å². The lowest BCUT2D eigenvalue weighted by Gasteiger charge is -2.25. The van der Waals surface area contributed by atoms with Crippen LogP contribution in [0.5, 0.6) is 0 Å². The first-order chi connectivity index (χ1) is 5.18. The lowest BCUT2D eigenvalue weighted by molar-refractivity contribution is -0.335. The zero-order valence-corrected chi connectivity index (χ0v) is 7.05. The third-order valence-electron chi connectivity index (χ3n) is 1.04. The Balaban J connectivity index is 3.88. The number of rotatable bonds is 6.